The van der Waals surface area contributed by atoms with Crippen molar-refractivity contribution < 1.29 is 4.79 Å². The number of para-hydroxylation sites is 1. The minimum Gasteiger partial charge on any atom is -0.347 e. The van der Waals surface area contributed by atoms with Crippen LogP contribution in [0.1, 0.15) is 56.1 Å². The van der Waals surface area contributed by atoms with Crippen molar-refractivity contribution >= 4 is 28.4 Å². The molecule has 0 bridgehead atoms. The summed E-state index contributed by atoms with van der Waals surface area (Å²) in [6.07, 6.45) is 6.30. The summed E-state index contributed by atoms with van der Waals surface area (Å²) in [5, 5.41) is 5.29. The first kappa shape index (κ1) is 18.9. The number of carbonyl (C=O) groups excluding carboxylic acids is 1. The van der Waals surface area contributed by atoms with Crippen molar-refractivity contribution in [2.24, 2.45) is 0 Å². The number of hydrogen-bond acceptors (Lipinski definition) is 2. The number of rotatable bonds is 4. The van der Waals surface area contributed by atoms with Gasteiger partial charge in [0.15, 0.2) is 0 Å². The Morgan fingerprint density at radius 2 is 1.82 bits per heavy atom. The largest absolute Gasteiger partial charge is 0.347 e. The van der Waals surface area contributed by atoms with Crippen LogP contribution in [0.25, 0.3) is 10.9 Å². The molecule has 1 aromatic heterocycles. The zero-order valence-electron chi connectivity index (χ0n) is 16.1. The maximum atomic E-state index is 12.3. The third-order valence-corrected chi connectivity index (χ3v) is 6.31. The Morgan fingerprint density at radius 3 is 2.54 bits per heavy atom. The fourth-order valence-electron chi connectivity index (χ4n) is 4.51. The third kappa shape index (κ3) is 3.64. The van der Waals surface area contributed by atoms with Crippen molar-refractivity contribution in [3.8, 4) is 0 Å². The summed E-state index contributed by atoms with van der Waals surface area (Å²) in [4.78, 5) is 16.8. The molecule has 0 unspecified atom stereocenters. The topological polar surface area (TPSA) is 42.0 Å². The number of fused-ring (bicyclic) bond motifs is 1. The number of pyridine rings is 1. The van der Waals surface area contributed by atoms with Crippen LogP contribution in [-0.2, 0) is 10.3 Å². The zero-order valence-corrected chi connectivity index (χ0v) is 16.9. The Kier molecular flexibility index (Phi) is 5.36. The molecule has 0 saturated heterocycles. The summed E-state index contributed by atoms with van der Waals surface area (Å²) < 4.78 is 0. The van der Waals surface area contributed by atoms with E-state index in [4.69, 9.17) is 11.6 Å². The van der Waals surface area contributed by atoms with Crippen LogP contribution in [-0.4, -0.2) is 10.9 Å². The lowest BCUT2D eigenvalue weighted by Gasteiger charge is -2.42. The number of nitrogens with one attached hydrogen (secondary N) is 1. The van der Waals surface area contributed by atoms with Gasteiger partial charge in [-0.05, 0) is 67.0 Å². The maximum Gasteiger partial charge on any atom is 0.220 e. The molecule has 0 aliphatic heterocycles. The highest BCUT2D eigenvalue weighted by Crippen LogP contribution is 2.44. The summed E-state index contributed by atoms with van der Waals surface area (Å²) in [7, 11) is 0. The average molecular weight is 393 g/mol. The van der Waals surface area contributed by atoms with Gasteiger partial charge in [0.2, 0.25) is 5.91 Å². The van der Waals surface area contributed by atoms with Gasteiger partial charge in [-0.15, -0.1) is 0 Å². The molecule has 4 heteroatoms. The maximum absolute atomic E-state index is 12.3. The number of benzene rings is 2. The van der Waals surface area contributed by atoms with E-state index in [1.807, 2.05) is 31.3 Å². The van der Waals surface area contributed by atoms with Gasteiger partial charge in [-0.3, -0.25) is 9.78 Å². The van der Waals surface area contributed by atoms with E-state index in [0.29, 0.717) is 12.3 Å². The third-order valence-electron chi connectivity index (χ3n) is 6.06. The highest BCUT2D eigenvalue weighted by atomic mass is 35.5. The number of hydrogen-bond donors (Lipinski definition) is 1. The molecule has 1 aliphatic rings. The molecule has 4 rings (SSSR count). The lowest BCUT2D eigenvalue weighted by atomic mass is 9.70. The van der Waals surface area contributed by atoms with Gasteiger partial charge in [0.05, 0.1) is 11.1 Å². The highest BCUT2D eigenvalue weighted by molar-refractivity contribution is 6.30. The quantitative estimate of drug-likeness (QED) is 0.594. The van der Waals surface area contributed by atoms with E-state index in [0.717, 1.165) is 41.8 Å². The van der Waals surface area contributed by atoms with Crippen LogP contribution >= 0.6 is 11.6 Å². The molecule has 2 aromatic carbocycles. The molecule has 1 fully saturated rings. The second-order valence-electron chi connectivity index (χ2n) is 7.68. The Hall–Kier alpha value is -2.39. The van der Waals surface area contributed by atoms with Gasteiger partial charge in [0.25, 0.3) is 0 Å². The summed E-state index contributed by atoms with van der Waals surface area (Å²) in [6.45, 7) is 1.90. The number of aromatic nitrogens is 1. The smallest absolute Gasteiger partial charge is 0.220 e. The van der Waals surface area contributed by atoms with Crippen LogP contribution in [0, 0.1) is 0 Å². The van der Waals surface area contributed by atoms with E-state index in [1.54, 1.807) is 0 Å². The van der Waals surface area contributed by atoms with Crippen LogP contribution in [0.5, 0.6) is 0 Å². The minimum atomic E-state index is -0.309. The fourth-order valence-corrected chi connectivity index (χ4v) is 4.63. The predicted molar refractivity (Wildman–Crippen MR) is 115 cm³/mol. The first-order valence-electron chi connectivity index (χ1n) is 10.0. The molecule has 1 heterocycles. The van der Waals surface area contributed by atoms with Gasteiger partial charge in [0, 0.05) is 23.0 Å². The van der Waals surface area contributed by atoms with Crippen molar-refractivity contribution in [2.45, 2.75) is 50.5 Å². The van der Waals surface area contributed by atoms with Crippen molar-refractivity contribution in [1.82, 2.24) is 10.3 Å². The average Bonchev–Trinajstić information content (AvgIpc) is 2.74. The van der Waals surface area contributed by atoms with E-state index in [-0.39, 0.29) is 11.4 Å². The summed E-state index contributed by atoms with van der Waals surface area (Å²) >= 11 is 6.09. The van der Waals surface area contributed by atoms with Crippen LogP contribution < -0.4 is 5.32 Å². The molecule has 144 valence electrons. The summed E-state index contributed by atoms with van der Waals surface area (Å²) in [6, 6.07) is 18.5. The zero-order chi connectivity index (χ0) is 19.6. The van der Waals surface area contributed by atoms with Crippen LogP contribution in [0.4, 0.5) is 0 Å². The van der Waals surface area contributed by atoms with E-state index >= 15 is 0 Å². The lowest BCUT2D eigenvalue weighted by Crippen LogP contribution is -2.47. The van der Waals surface area contributed by atoms with E-state index in [2.05, 4.69) is 46.7 Å². The van der Waals surface area contributed by atoms with Gasteiger partial charge < -0.3 is 5.32 Å². The SMILES string of the molecule is CCC(=O)NC1(c2ccc(Cl)cc2)CCC(c2ccnc3ccccc23)CC1. The predicted octanol–water partition coefficient (Wildman–Crippen LogP) is 5.97. The number of amides is 1. The molecular formula is C24H25ClN2O. The highest BCUT2D eigenvalue weighted by Gasteiger charge is 2.38. The van der Waals surface area contributed by atoms with Crippen molar-refractivity contribution in [2.75, 3.05) is 0 Å². The molecule has 1 amide bonds. The molecule has 3 aromatic rings. The molecule has 3 nitrogen and oxygen atoms in total. The monoisotopic (exact) mass is 392 g/mol. The van der Waals surface area contributed by atoms with E-state index < -0.39 is 0 Å². The number of halogens is 1. The number of carbonyl (C=O) groups is 1. The molecule has 1 saturated carbocycles. The Balaban J connectivity index is 1.63. The molecule has 0 radical (unpaired) electrons. The van der Waals surface area contributed by atoms with Gasteiger partial charge in [0.1, 0.15) is 0 Å². The summed E-state index contributed by atoms with van der Waals surface area (Å²) in [5.41, 5.74) is 3.26. The van der Waals surface area contributed by atoms with Crippen molar-refractivity contribution in [3.63, 3.8) is 0 Å². The van der Waals surface area contributed by atoms with Gasteiger partial charge in [-0.1, -0.05) is 48.9 Å². The van der Waals surface area contributed by atoms with Crippen LogP contribution in [0.2, 0.25) is 5.02 Å². The fraction of sp³-hybridized carbons (Fsp3) is 0.333. The minimum absolute atomic E-state index is 0.0998. The molecule has 1 N–H and O–H groups in total. The van der Waals surface area contributed by atoms with E-state index in [1.165, 1.54) is 10.9 Å². The molecule has 28 heavy (non-hydrogen) atoms. The molecule has 0 atom stereocenters. The second kappa shape index (κ2) is 7.92. The van der Waals surface area contributed by atoms with Gasteiger partial charge >= 0.3 is 0 Å². The second-order valence-corrected chi connectivity index (χ2v) is 8.12. The lowest BCUT2D eigenvalue weighted by molar-refractivity contribution is -0.123. The van der Waals surface area contributed by atoms with Crippen LogP contribution in [0.3, 0.4) is 0 Å². The number of nitrogens with zero attached hydrogens (tertiary/aromatic N) is 1. The van der Waals surface area contributed by atoms with E-state index in [9.17, 15) is 4.79 Å². The Bertz CT molecular complexity index is 970. The standard InChI is InChI=1S/C24H25ClN2O/c1-2-23(28)27-24(18-7-9-19(25)10-8-18)14-11-17(12-15-24)20-13-16-26-22-6-4-3-5-21(20)22/h3-10,13,16-17H,2,11-12,14-15H2,1H3,(H,27,28). The Labute approximate surface area is 171 Å². The first-order chi connectivity index (χ1) is 13.6. The first-order valence-corrected chi connectivity index (χ1v) is 10.4. The normalized spacial score (nSPS) is 22.1. The summed E-state index contributed by atoms with van der Waals surface area (Å²) in [5.74, 6) is 0.578. The van der Waals surface area contributed by atoms with Crippen molar-refractivity contribution in [3.05, 3.63) is 76.9 Å². The van der Waals surface area contributed by atoms with Gasteiger partial charge in [-0.2, -0.15) is 0 Å². The molecular weight excluding hydrogens is 368 g/mol. The van der Waals surface area contributed by atoms with Gasteiger partial charge in [-0.25, -0.2) is 0 Å². The molecule has 0 spiro atoms. The van der Waals surface area contributed by atoms with Crippen molar-refractivity contribution in [1.29, 1.82) is 0 Å². The Morgan fingerprint density at radius 1 is 1.11 bits per heavy atom. The molecule has 1 aliphatic carbocycles. The van der Waals surface area contributed by atoms with Crippen LogP contribution in [0.15, 0.2) is 60.8 Å².